The highest BCUT2D eigenvalue weighted by atomic mass is 31.2. The van der Waals surface area contributed by atoms with Gasteiger partial charge in [0.2, 0.25) is 0 Å². The van der Waals surface area contributed by atoms with Crippen LogP contribution in [0.3, 0.4) is 0 Å². The molecule has 0 aliphatic carbocycles. The van der Waals surface area contributed by atoms with Crippen molar-refractivity contribution in [2.45, 2.75) is 26.1 Å². The molecule has 2 heterocycles. The van der Waals surface area contributed by atoms with E-state index in [0.717, 1.165) is 12.1 Å². The maximum atomic E-state index is 13.0. The predicted molar refractivity (Wildman–Crippen MR) is 105 cm³/mol. The molecule has 148 valence electrons. The van der Waals surface area contributed by atoms with Crippen molar-refractivity contribution in [3.63, 3.8) is 0 Å². The number of pyridine rings is 1. The molecular weight excluding hydrogens is 388 g/mol. The number of fused-ring (bicyclic) bond motifs is 1. The van der Waals surface area contributed by atoms with Gasteiger partial charge in [0.25, 0.3) is 0 Å². The maximum Gasteiger partial charge on any atom is 0.416 e. The second-order valence-electron chi connectivity index (χ2n) is 7.02. The fourth-order valence-electron chi connectivity index (χ4n) is 2.81. The van der Waals surface area contributed by atoms with Gasteiger partial charge in [-0.1, -0.05) is 12.1 Å². The summed E-state index contributed by atoms with van der Waals surface area (Å²) in [6.07, 6.45) is -2.86. The Morgan fingerprint density at radius 1 is 1.14 bits per heavy atom. The third-order valence-electron chi connectivity index (χ3n) is 4.30. The molecule has 0 aliphatic heterocycles. The molecule has 5 nitrogen and oxygen atoms in total. The molecule has 0 amide bonds. The van der Waals surface area contributed by atoms with Crippen LogP contribution in [0.15, 0.2) is 36.5 Å². The first-order chi connectivity index (χ1) is 12.9. The van der Waals surface area contributed by atoms with E-state index < -0.39 is 24.9 Å². The van der Waals surface area contributed by atoms with Crippen LogP contribution in [0.4, 0.5) is 19.0 Å². The lowest BCUT2D eigenvalue weighted by molar-refractivity contribution is -0.137. The molecular formula is C19H20F3N4OP. The molecule has 0 bridgehead atoms. The molecule has 0 saturated carbocycles. The van der Waals surface area contributed by atoms with E-state index in [-0.39, 0.29) is 0 Å². The summed E-state index contributed by atoms with van der Waals surface area (Å²) in [5, 5.41) is 3.79. The SMILES string of the molecule is Cc1nc(NC(C)c2cccc(C(F)(F)F)c2)c2cc(P(C)(C)=O)ncc2n1. The van der Waals surface area contributed by atoms with Gasteiger partial charge in [0, 0.05) is 11.4 Å². The van der Waals surface area contributed by atoms with Gasteiger partial charge in [-0.3, -0.25) is 4.98 Å². The van der Waals surface area contributed by atoms with Crippen LogP contribution in [-0.4, -0.2) is 28.3 Å². The Morgan fingerprint density at radius 2 is 1.86 bits per heavy atom. The molecule has 1 aromatic carbocycles. The van der Waals surface area contributed by atoms with Gasteiger partial charge in [-0.05, 0) is 50.9 Å². The lowest BCUT2D eigenvalue weighted by Crippen LogP contribution is -2.13. The topological polar surface area (TPSA) is 67.8 Å². The van der Waals surface area contributed by atoms with E-state index in [1.165, 1.54) is 6.07 Å². The summed E-state index contributed by atoms with van der Waals surface area (Å²) in [7, 11) is -2.59. The Morgan fingerprint density at radius 3 is 2.50 bits per heavy atom. The zero-order chi connectivity index (χ0) is 20.7. The average Bonchev–Trinajstić information content (AvgIpc) is 2.59. The van der Waals surface area contributed by atoms with Gasteiger partial charge in [-0.25, -0.2) is 9.97 Å². The molecule has 1 N–H and O–H groups in total. The molecule has 1 unspecified atom stereocenters. The smallest absolute Gasteiger partial charge is 0.363 e. The van der Waals surface area contributed by atoms with Gasteiger partial charge in [0.1, 0.15) is 24.2 Å². The number of rotatable bonds is 4. The van der Waals surface area contributed by atoms with Crippen LogP contribution in [0.25, 0.3) is 10.9 Å². The standard InChI is InChI=1S/C19H20F3N4OP/c1-11(13-6-5-7-14(8-13)19(20,21)22)24-18-15-9-17(28(3,4)27)23-10-16(15)25-12(2)26-18/h5-11H,1-4H3,(H,24,25,26). The Kier molecular flexibility index (Phi) is 5.19. The highest BCUT2D eigenvalue weighted by molar-refractivity contribution is 7.69. The fraction of sp³-hybridized carbons (Fsp3) is 0.316. The van der Waals surface area contributed by atoms with Crippen molar-refractivity contribution in [3.8, 4) is 0 Å². The Bertz CT molecular complexity index is 1080. The Balaban J connectivity index is 2.03. The van der Waals surface area contributed by atoms with Crippen LogP contribution in [0, 0.1) is 6.92 Å². The molecule has 0 spiro atoms. The molecule has 3 rings (SSSR count). The number of aryl methyl sites for hydroxylation is 1. The van der Waals surface area contributed by atoms with Crippen molar-refractivity contribution in [3.05, 3.63) is 53.5 Å². The highest BCUT2D eigenvalue weighted by Gasteiger charge is 2.30. The molecule has 0 aliphatic rings. The number of anilines is 1. The summed E-state index contributed by atoms with van der Waals surface area (Å²) < 4.78 is 51.4. The van der Waals surface area contributed by atoms with E-state index in [2.05, 4.69) is 20.3 Å². The fourth-order valence-corrected chi connectivity index (χ4v) is 3.59. The largest absolute Gasteiger partial charge is 0.416 e. The van der Waals surface area contributed by atoms with Crippen molar-refractivity contribution in [1.82, 2.24) is 15.0 Å². The summed E-state index contributed by atoms with van der Waals surface area (Å²) in [5.74, 6) is 0.960. The zero-order valence-electron chi connectivity index (χ0n) is 15.9. The lowest BCUT2D eigenvalue weighted by Gasteiger charge is -2.18. The number of hydrogen-bond acceptors (Lipinski definition) is 5. The zero-order valence-corrected chi connectivity index (χ0v) is 16.8. The molecule has 0 saturated heterocycles. The number of alkyl halides is 3. The minimum Gasteiger partial charge on any atom is -0.363 e. The molecule has 2 aromatic heterocycles. The molecule has 9 heteroatoms. The Hall–Kier alpha value is -2.47. The first-order valence-electron chi connectivity index (χ1n) is 8.59. The number of hydrogen-bond donors (Lipinski definition) is 1. The van der Waals surface area contributed by atoms with E-state index >= 15 is 0 Å². The van der Waals surface area contributed by atoms with Crippen LogP contribution in [-0.2, 0) is 10.7 Å². The monoisotopic (exact) mass is 408 g/mol. The van der Waals surface area contributed by atoms with Crippen molar-refractivity contribution < 1.29 is 17.7 Å². The Labute approximate surface area is 160 Å². The normalized spacial score (nSPS) is 13.5. The summed E-state index contributed by atoms with van der Waals surface area (Å²) in [5.41, 5.74) is 0.794. The number of aromatic nitrogens is 3. The minimum atomic E-state index is -4.40. The third-order valence-corrected chi connectivity index (χ3v) is 5.65. The average molecular weight is 408 g/mol. The minimum absolute atomic E-state index is 0.438. The molecule has 1 atom stereocenters. The van der Waals surface area contributed by atoms with Gasteiger partial charge in [-0.2, -0.15) is 13.2 Å². The first kappa shape index (κ1) is 20.3. The highest BCUT2D eigenvalue weighted by Crippen LogP contribution is 2.35. The number of nitrogens with one attached hydrogen (secondary N) is 1. The van der Waals surface area contributed by atoms with E-state index in [9.17, 15) is 17.7 Å². The predicted octanol–water partition coefficient (Wildman–Crippen LogP) is 4.77. The van der Waals surface area contributed by atoms with E-state index in [4.69, 9.17) is 0 Å². The lowest BCUT2D eigenvalue weighted by atomic mass is 10.0. The molecule has 0 radical (unpaired) electrons. The number of nitrogens with zero attached hydrogens (tertiary/aromatic N) is 3. The number of halogens is 3. The van der Waals surface area contributed by atoms with Crippen molar-refractivity contribution >= 4 is 29.3 Å². The van der Waals surface area contributed by atoms with Crippen LogP contribution in [0.5, 0.6) is 0 Å². The summed E-state index contributed by atoms with van der Waals surface area (Å²) >= 11 is 0. The first-order valence-corrected chi connectivity index (χ1v) is 11.2. The van der Waals surface area contributed by atoms with Gasteiger partial charge in [0.15, 0.2) is 0 Å². The molecule has 3 aromatic rings. The quantitative estimate of drug-likeness (QED) is 0.630. The van der Waals surface area contributed by atoms with Crippen LogP contribution in [0.2, 0.25) is 0 Å². The molecule has 28 heavy (non-hydrogen) atoms. The summed E-state index contributed by atoms with van der Waals surface area (Å²) in [6.45, 7) is 6.71. The van der Waals surface area contributed by atoms with Crippen molar-refractivity contribution in [1.29, 1.82) is 0 Å². The van der Waals surface area contributed by atoms with E-state index in [0.29, 0.717) is 33.5 Å². The maximum absolute atomic E-state index is 13.0. The van der Waals surface area contributed by atoms with Gasteiger partial charge < -0.3 is 9.88 Å². The molecule has 0 fully saturated rings. The van der Waals surface area contributed by atoms with E-state index in [1.54, 1.807) is 45.5 Å². The van der Waals surface area contributed by atoms with Gasteiger partial charge >= 0.3 is 6.18 Å². The van der Waals surface area contributed by atoms with Crippen LogP contribution < -0.4 is 10.8 Å². The number of benzene rings is 1. The summed E-state index contributed by atoms with van der Waals surface area (Å²) in [6, 6.07) is 6.41. The van der Waals surface area contributed by atoms with Gasteiger partial charge in [0.05, 0.1) is 17.3 Å². The van der Waals surface area contributed by atoms with E-state index in [1.807, 2.05) is 0 Å². The van der Waals surface area contributed by atoms with Crippen molar-refractivity contribution in [2.24, 2.45) is 0 Å². The van der Waals surface area contributed by atoms with Gasteiger partial charge in [-0.15, -0.1) is 0 Å². The van der Waals surface area contributed by atoms with Crippen molar-refractivity contribution in [2.75, 3.05) is 18.6 Å². The second kappa shape index (κ2) is 7.17. The summed E-state index contributed by atoms with van der Waals surface area (Å²) in [4.78, 5) is 13.0. The third kappa shape index (κ3) is 4.33. The van der Waals surface area contributed by atoms with Crippen LogP contribution >= 0.6 is 7.14 Å². The van der Waals surface area contributed by atoms with Crippen LogP contribution in [0.1, 0.15) is 29.9 Å². The second-order valence-corrected chi connectivity index (χ2v) is 10.2.